The highest BCUT2D eigenvalue weighted by molar-refractivity contribution is 6.07. The molecule has 0 aliphatic rings. The molecule has 2 rings (SSSR count). The second-order valence-electron chi connectivity index (χ2n) is 3.33. The summed E-state index contributed by atoms with van der Waals surface area (Å²) in [4.78, 5) is 11.2. The van der Waals surface area contributed by atoms with Gasteiger partial charge in [-0.2, -0.15) is 0 Å². The lowest BCUT2D eigenvalue weighted by molar-refractivity contribution is 0.0695. The molecule has 4 nitrogen and oxygen atoms in total. The minimum Gasteiger partial charge on any atom is -0.504 e. The number of phenolic OH excluding ortho intramolecular Hbond substituents is 1. The lowest BCUT2D eigenvalue weighted by Gasteiger charge is -2.10. The van der Waals surface area contributed by atoms with E-state index in [1.165, 1.54) is 13.2 Å². The zero-order chi connectivity index (χ0) is 11.7. The Hall–Kier alpha value is -2.23. The van der Waals surface area contributed by atoms with Gasteiger partial charge in [0.25, 0.3) is 0 Å². The fraction of sp³-hybridized carbons (Fsp3) is 0.0833. The van der Waals surface area contributed by atoms with E-state index in [1.807, 2.05) is 0 Å². The van der Waals surface area contributed by atoms with Gasteiger partial charge in [0.05, 0.1) is 7.11 Å². The van der Waals surface area contributed by atoms with Crippen LogP contribution in [0.2, 0.25) is 0 Å². The molecule has 0 fully saturated rings. The van der Waals surface area contributed by atoms with Gasteiger partial charge in [0, 0.05) is 5.39 Å². The molecule has 2 N–H and O–H groups in total. The Labute approximate surface area is 91.7 Å². The van der Waals surface area contributed by atoms with Crippen molar-refractivity contribution in [1.29, 1.82) is 0 Å². The van der Waals surface area contributed by atoms with Crippen LogP contribution in [0.3, 0.4) is 0 Å². The zero-order valence-electron chi connectivity index (χ0n) is 8.60. The van der Waals surface area contributed by atoms with Crippen molar-refractivity contribution in [3.63, 3.8) is 0 Å². The summed E-state index contributed by atoms with van der Waals surface area (Å²) in [5.74, 6) is -1.30. The van der Waals surface area contributed by atoms with Gasteiger partial charge in [0.2, 0.25) is 0 Å². The van der Waals surface area contributed by atoms with Crippen LogP contribution >= 0.6 is 0 Å². The number of hydrogen-bond donors (Lipinski definition) is 2. The summed E-state index contributed by atoms with van der Waals surface area (Å²) >= 11 is 0. The molecular formula is C12H10O4. The molecule has 0 unspecified atom stereocenters. The van der Waals surface area contributed by atoms with E-state index in [-0.39, 0.29) is 17.1 Å². The molecule has 16 heavy (non-hydrogen) atoms. The Morgan fingerprint density at radius 3 is 2.62 bits per heavy atom. The van der Waals surface area contributed by atoms with Crippen LogP contribution in [-0.2, 0) is 0 Å². The predicted molar refractivity (Wildman–Crippen MR) is 59.1 cm³/mol. The zero-order valence-corrected chi connectivity index (χ0v) is 8.60. The molecule has 0 aliphatic heterocycles. The lowest BCUT2D eigenvalue weighted by Crippen LogP contribution is -2.02. The number of aromatic hydroxyl groups is 1. The first kappa shape index (κ1) is 10.3. The van der Waals surface area contributed by atoms with Gasteiger partial charge in [0.1, 0.15) is 5.56 Å². The number of fused-ring (bicyclic) bond motifs is 1. The Balaban J connectivity index is 2.93. The number of benzene rings is 2. The van der Waals surface area contributed by atoms with E-state index in [1.54, 1.807) is 24.3 Å². The molecule has 0 heterocycles. The van der Waals surface area contributed by atoms with Gasteiger partial charge in [-0.15, -0.1) is 0 Å². The first-order valence-corrected chi connectivity index (χ1v) is 4.67. The fourth-order valence-corrected chi connectivity index (χ4v) is 1.73. The number of hydrogen-bond acceptors (Lipinski definition) is 3. The Kier molecular flexibility index (Phi) is 2.40. The molecule has 0 saturated heterocycles. The molecule has 0 spiro atoms. The second kappa shape index (κ2) is 3.73. The summed E-state index contributed by atoms with van der Waals surface area (Å²) in [6, 6.07) is 8.42. The maximum Gasteiger partial charge on any atom is 0.340 e. The minimum absolute atomic E-state index is 0.00815. The third kappa shape index (κ3) is 1.44. The maximum absolute atomic E-state index is 11.2. The fourth-order valence-electron chi connectivity index (χ4n) is 1.73. The van der Waals surface area contributed by atoms with Crippen LogP contribution in [-0.4, -0.2) is 23.3 Å². The van der Waals surface area contributed by atoms with E-state index in [4.69, 9.17) is 9.84 Å². The number of ether oxygens (including phenoxy) is 1. The van der Waals surface area contributed by atoms with E-state index in [2.05, 4.69) is 0 Å². The minimum atomic E-state index is -1.12. The van der Waals surface area contributed by atoms with Gasteiger partial charge in [-0.05, 0) is 11.5 Å². The normalized spacial score (nSPS) is 10.3. The molecule has 0 radical (unpaired) electrons. The third-order valence-corrected chi connectivity index (χ3v) is 2.40. The highest BCUT2D eigenvalue weighted by Gasteiger charge is 2.18. The van der Waals surface area contributed by atoms with E-state index >= 15 is 0 Å². The van der Waals surface area contributed by atoms with Crippen LogP contribution in [0.1, 0.15) is 10.4 Å². The summed E-state index contributed by atoms with van der Waals surface area (Å²) in [5.41, 5.74) is -0.0156. The smallest absolute Gasteiger partial charge is 0.340 e. The van der Waals surface area contributed by atoms with Gasteiger partial charge in [-0.1, -0.05) is 24.3 Å². The topological polar surface area (TPSA) is 66.8 Å². The molecular weight excluding hydrogens is 208 g/mol. The highest BCUT2D eigenvalue weighted by atomic mass is 16.5. The molecule has 0 aliphatic carbocycles. The van der Waals surface area contributed by atoms with Crippen molar-refractivity contribution in [2.24, 2.45) is 0 Å². The number of rotatable bonds is 2. The molecule has 4 heteroatoms. The van der Waals surface area contributed by atoms with Crippen LogP contribution in [0, 0.1) is 0 Å². The number of phenols is 1. The van der Waals surface area contributed by atoms with Gasteiger partial charge < -0.3 is 14.9 Å². The van der Waals surface area contributed by atoms with Crippen LogP contribution in [0.15, 0.2) is 30.3 Å². The third-order valence-electron chi connectivity index (χ3n) is 2.40. The largest absolute Gasteiger partial charge is 0.504 e. The van der Waals surface area contributed by atoms with Crippen LogP contribution < -0.4 is 4.74 Å². The average Bonchev–Trinajstić information content (AvgIpc) is 2.26. The van der Waals surface area contributed by atoms with Crippen molar-refractivity contribution in [1.82, 2.24) is 0 Å². The van der Waals surface area contributed by atoms with Gasteiger partial charge in [-0.3, -0.25) is 0 Å². The van der Waals surface area contributed by atoms with Crippen LogP contribution in [0.25, 0.3) is 10.8 Å². The monoisotopic (exact) mass is 218 g/mol. The molecule has 0 saturated carbocycles. The van der Waals surface area contributed by atoms with E-state index < -0.39 is 5.97 Å². The first-order valence-electron chi connectivity index (χ1n) is 4.67. The number of aromatic carboxylic acids is 1. The van der Waals surface area contributed by atoms with Crippen molar-refractivity contribution in [2.45, 2.75) is 0 Å². The second-order valence-corrected chi connectivity index (χ2v) is 3.33. The van der Waals surface area contributed by atoms with Crippen molar-refractivity contribution in [3.05, 3.63) is 35.9 Å². The molecule has 0 aromatic heterocycles. The number of carboxylic acids is 1. The maximum atomic E-state index is 11.2. The number of carboxylic acid groups (broad SMARTS) is 1. The van der Waals surface area contributed by atoms with Crippen molar-refractivity contribution in [2.75, 3.05) is 7.11 Å². The van der Waals surface area contributed by atoms with Gasteiger partial charge in [0.15, 0.2) is 11.5 Å². The summed E-state index contributed by atoms with van der Waals surface area (Å²) in [5, 5.41) is 20.0. The standard InChI is InChI=1S/C12H10O4/c1-16-11-9(13)6-7-4-2-3-5-8(7)10(11)12(14)15/h2-6,13H,1H3,(H,14,15). The van der Waals surface area contributed by atoms with Gasteiger partial charge >= 0.3 is 5.97 Å². The lowest BCUT2D eigenvalue weighted by atomic mass is 10.0. The number of carbonyl (C=O) groups is 1. The van der Waals surface area contributed by atoms with Crippen molar-refractivity contribution >= 4 is 16.7 Å². The summed E-state index contributed by atoms with van der Waals surface area (Å²) in [6.07, 6.45) is 0. The molecule has 0 bridgehead atoms. The average molecular weight is 218 g/mol. The Bertz CT molecular complexity index is 560. The van der Waals surface area contributed by atoms with E-state index in [0.29, 0.717) is 10.8 Å². The molecule has 2 aromatic carbocycles. The predicted octanol–water partition coefficient (Wildman–Crippen LogP) is 2.25. The van der Waals surface area contributed by atoms with Gasteiger partial charge in [-0.25, -0.2) is 4.79 Å². The Morgan fingerprint density at radius 1 is 1.31 bits per heavy atom. The molecule has 2 aromatic rings. The molecule has 82 valence electrons. The molecule has 0 amide bonds. The van der Waals surface area contributed by atoms with E-state index in [9.17, 15) is 9.90 Å². The van der Waals surface area contributed by atoms with Crippen molar-refractivity contribution < 1.29 is 19.7 Å². The first-order chi connectivity index (χ1) is 7.65. The molecule has 0 atom stereocenters. The Morgan fingerprint density at radius 2 is 2.00 bits per heavy atom. The highest BCUT2D eigenvalue weighted by Crippen LogP contribution is 2.36. The van der Waals surface area contributed by atoms with Crippen LogP contribution in [0.4, 0.5) is 0 Å². The van der Waals surface area contributed by atoms with Crippen molar-refractivity contribution in [3.8, 4) is 11.5 Å². The summed E-state index contributed by atoms with van der Waals surface area (Å²) in [6.45, 7) is 0. The summed E-state index contributed by atoms with van der Waals surface area (Å²) in [7, 11) is 1.33. The van der Waals surface area contributed by atoms with Crippen LogP contribution in [0.5, 0.6) is 11.5 Å². The van der Waals surface area contributed by atoms with E-state index in [0.717, 1.165) is 0 Å². The quantitative estimate of drug-likeness (QED) is 0.811. The summed E-state index contributed by atoms with van der Waals surface area (Å²) < 4.78 is 4.91. The number of methoxy groups -OCH3 is 1. The SMILES string of the molecule is COc1c(O)cc2ccccc2c1C(=O)O.